The molecule has 0 aliphatic rings. The molecule has 0 bridgehead atoms. The number of ether oxygens (including phenoxy) is 3. The van der Waals surface area contributed by atoms with Gasteiger partial charge in [0.1, 0.15) is 5.75 Å². The maximum absolute atomic E-state index is 10.7. The predicted molar refractivity (Wildman–Crippen MR) is 149 cm³/mol. The van der Waals surface area contributed by atoms with Gasteiger partial charge in [0.2, 0.25) is 0 Å². The molecular formula is C31H49NO4. The van der Waals surface area contributed by atoms with Crippen molar-refractivity contribution >= 4 is 0 Å². The Bertz CT molecular complexity index is 991. The molecule has 0 aliphatic heterocycles. The Kier molecular flexibility index (Phi) is 12.1. The van der Waals surface area contributed by atoms with Crippen LogP contribution in [0.2, 0.25) is 0 Å². The van der Waals surface area contributed by atoms with Crippen molar-refractivity contribution in [2.75, 3.05) is 40.5 Å². The van der Waals surface area contributed by atoms with Crippen LogP contribution in [0, 0.1) is 13.8 Å². The zero-order valence-corrected chi connectivity index (χ0v) is 23.3. The lowest BCUT2D eigenvalue weighted by Crippen LogP contribution is -2.25. The van der Waals surface area contributed by atoms with Crippen LogP contribution in [0.15, 0.2) is 36.4 Å². The van der Waals surface area contributed by atoms with Crippen LogP contribution in [0.25, 0.3) is 0 Å². The molecule has 5 nitrogen and oxygen atoms in total. The van der Waals surface area contributed by atoms with Gasteiger partial charge in [-0.2, -0.15) is 0 Å². The Hall–Kier alpha value is -1.92. The Balaban J connectivity index is 1.66. The van der Waals surface area contributed by atoms with E-state index >= 15 is 0 Å². The average Bonchev–Trinajstić information content (AvgIpc) is 2.87. The lowest BCUT2D eigenvalue weighted by Gasteiger charge is -2.25. The van der Waals surface area contributed by atoms with E-state index in [9.17, 15) is 5.11 Å². The normalized spacial score (nSPS) is 13.4. The molecule has 2 rings (SSSR count). The van der Waals surface area contributed by atoms with E-state index in [0.717, 1.165) is 64.7 Å². The second-order valence-electron chi connectivity index (χ2n) is 10.1. The number of hydrogen-bond donors (Lipinski definition) is 2. The summed E-state index contributed by atoms with van der Waals surface area (Å²) in [6.07, 6.45) is 7.32. The smallest absolute Gasteiger partial charge is 0.127 e. The summed E-state index contributed by atoms with van der Waals surface area (Å²) in [6.45, 7) is 10.2. The molecule has 0 saturated carbocycles. The van der Waals surface area contributed by atoms with Crippen LogP contribution in [0.1, 0.15) is 89.0 Å². The first-order valence-electron chi connectivity index (χ1n) is 14.4. The molecule has 0 radical (unpaired) electrons. The van der Waals surface area contributed by atoms with E-state index in [1.165, 1.54) is 18.2 Å². The zero-order valence-electron chi connectivity index (χ0n) is 25.3. The van der Waals surface area contributed by atoms with Crippen molar-refractivity contribution in [2.24, 2.45) is 0 Å². The van der Waals surface area contributed by atoms with Crippen molar-refractivity contribution in [3.05, 3.63) is 64.2 Å². The summed E-state index contributed by atoms with van der Waals surface area (Å²) in [5.74, 6) is 0.394. The first kappa shape index (κ1) is 27.1. The standard InChI is InChI=1S/C31H49NO4/c1-24-15-9-10-16-26(24)17-11-14-20-36-19-13-8-7-12-18-32-23-29(34-5)27-21-25(2)30(35-6)28(22-27)31(3,4)33/h9-10,15-16,21-22,29,32-33H,7-8,11-14,17-20,23H2,1-6H3/i21D,22D. The molecule has 0 spiro atoms. The van der Waals surface area contributed by atoms with E-state index < -0.39 is 11.7 Å². The number of unbranched alkanes of at least 4 members (excludes halogenated alkanes) is 4. The number of aryl methyl sites for hydroxylation is 2. The number of methoxy groups -OCH3 is 2. The second-order valence-corrected chi connectivity index (χ2v) is 10.1. The molecule has 0 fully saturated rings. The summed E-state index contributed by atoms with van der Waals surface area (Å²) >= 11 is 0. The fourth-order valence-electron chi connectivity index (χ4n) is 4.37. The highest BCUT2D eigenvalue weighted by molar-refractivity contribution is 5.47. The van der Waals surface area contributed by atoms with Crippen molar-refractivity contribution in [3.63, 3.8) is 0 Å². The Morgan fingerprint density at radius 2 is 1.64 bits per heavy atom. The van der Waals surface area contributed by atoms with Crippen molar-refractivity contribution in [1.29, 1.82) is 0 Å². The lowest BCUT2D eigenvalue weighted by atomic mass is 9.91. The number of aliphatic hydroxyl groups is 1. The Morgan fingerprint density at radius 3 is 2.31 bits per heavy atom. The molecule has 1 unspecified atom stereocenters. The molecule has 36 heavy (non-hydrogen) atoms. The van der Waals surface area contributed by atoms with E-state index in [2.05, 4.69) is 36.5 Å². The summed E-state index contributed by atoms with van der Waals surface area (Å²) in [5, 5.41) is 14.1. The molecular weight excluding hydrogens is 450 g/mol. The number of benzene rings is 2. The minimum atomic E-state index is -1.27. The van der Waals surface area contributed by atoms with Crippen LogP contribution < -0.4 is 10.1 Å². The van der Waals surface area contributed by atoms with E-state index in [0.29, 0.717) is 29.0 Å². The van der Waals surface area contributed by atoms with E-state index in [4.69, 9.17) is 17.0 Å². The monoisotopic (exact) mass is 501 g/mol. The molecule has 202 valence electrons. The third-order valence-corrected chi connectivity index (χ3v) is 6.54. The van der Waals surface area contributed by atoms with Crippen LogP contribution in [0.3, 0.4) is 0 Å². The second kappa shape index (κ2) is 16.0. The summed E-state index contributed by atoms with van der Waals surface area (Å²) in [5.41, 5.74) is 3.01. The van der Waals surface area contributed by atoms with Crippen LogP contribution in [-0.4, -0.2) is 45.6 Å². The summed E-state index contributed by atoms with van der Waals surface area (Å²) < 4.78 is 34.3. The molecule has 1 atom stereocenters. The first-order valence-corrected chi connectivity index (χ1v) is 13.4. The summed E-state index contributed by atoms with van der Waals surface area (Å²) in [6, 6.07) is 8.93. The maximum Gasteiger partial charge on any atom is 0.127 e. The number of hydrogen-bond acceptors (Lipinski definition) is 5. The summed E-state index contributed by atoms with van der Waals surface area (Å²) in [7, 11) is 3.10. The fraction of sp³-hybridized carbons (Fsp3) is 0.613. The van der Waals surface area contributed by atoms with Crippen LogP contribution in [-0.2, 0) is 21.5 Å². The topological polar surface area (TPSA) is 60.0 Å². The number of nitrogens with one attached hydrogen (secondary N) is 1. The van der Waals surface area contributed by atoms with Gasteiger partial charge in [-0.05, 0) is 101 Å². The van der Waals surface area contributed by atoms with Gasteiger partial charge in [0.05, 0.1) is 21.6 Å². The van der Waals surface area contributed by atoms with Crippen molar-refractivity contribution in [3.8, 4) is 5.75 Å². The van der Waals surface area contributed by atoms with Crippen molar-refractivity contribution in [1.82, 2.24) is 5.32 Å². The summed E-state index contributed by atoms with van der Waals surface area (Å²) in [4.78, 5) is 0. The molecule has 2 N–H and O–H groups in total. The van der Waals surface area contributed by atoms with Crippen molar-refractivity contribution < 1.29 is 22.1 Å². The molecule has 0 saturated heterocycles. The molecule has 0 aromatic heterocycles. The molecule has 0 heterocycles. The Morgan fingerprint density at radius 1 is 0.944 bits per heavy atom. The minimum absolute atomic E-state index is 0.105. The predicted octanol–water partition coefficient (Wildman–Crippen LogP) is 6.42. The third-order valence-electron chi connectivity index (χ3n) is 6.54. The van der Waals surface area contributed by atoms with Gasteiger partial charge < -0.3 is 24.6 Å². The quantitative estimate of drug-likeness (QED) is 0.231. The molecule has 0 amide bonds. The van der Waals surface area contributed by atoms with Gasteiger partial charge in [0, 0.05) is 32.4 Å². The maximum atomic E-state index is 10.7. The molecule has 2 aromatic carbocycles. The largest absolute Gasteiger partial charge is 0.496 e. The molecule has 0 aliphatic carbocycles. The van der Waals surface area contributed by atoms with Crippen LogP contribution in [0.5, 0.6) is 5.75 Å². The van der Waals surface area contributed by atoms with Gasteiger partial charge in [-0.25, -0.2) is 0 Å². The first-order chi connectivity index (χ1) is 18.1. The van der Waals surface area contributed by atoms with Gasteiger partial charge in [-0.15, -0.1) is 0 Å². The highest BCUT2D eigenvalue weighted by Crippen LogP contribution is 2.35. The fourth-order valence-corrected chi connectivity index (χ4v) is 4.37. The van der Waals surface area contributed by atoms with Crippen LogP contribution in [0.4, 0.5) is 0 Å². The van der Waals surface area contributed by atoms with Gasteiger partial charge in [-0.3, -0.25) is 0 Å². The minimum Gasteiger partial charge on any atom is -0.496 e. The SMILES string of the molecule is [2H]c1c(C)c(OC)c(C(C)(C)O)c([2H])c1C(CNCCCCCCOCCCCc1ccccc1C)OC. The highest BCUT2D eigenvalue weighted by Gasteiger charge is 2.25. The van der Waals surface area contributed by atoms with Gasteiger partial charge >= 0.3 is 0 Å². The zero-order chi connectivity index (χ0) is 28.1. The van der Waals surface area contributed by atoms with E-state index in [1.807, 2.05) is 0 Å². The van der Waals surface area contributed by atoms with E-state index in [-0.39, 0.29) is 12.1 Å². The average molecular weight is 502 g/mol. The lowest BCUT2D eigenvalue weighted by molar-refractivity contribution is 0.0740. The highest BCUT2D eigenvalue weighted by atomic mass is 16.5. The molecule has 2 aromatic rings. The number of rotatable bonds is 18. The van der Waals surface area contributed by atoms with Gasteiger partial charge in [0.25, 0.3) is 0 Å². The molecule has 5 heteroatoms. The van der Waals surface area contributed by atoms with Gasteiger partial charge in [-0.1, -0.05) is 37.1 Å². The third kappa shape index (κ3) is 10.2. The van der Waals surface area contributed by atoms with Crippen molar-refractivity contribution in [2.45, 2.75) is 84.3 Å². The van der Waals surface area contributed by atoms with Crippen LogP contribution >= 0.6 is 0 Å². The van der Waals surface area contributed by atoms with E-state index in [1.54, 1.807) is 27.9 Å². The van der Waals surface area contributed by atoms with Gasteiger partial charge in [0.15, 0.2) is 0 Å². The Labute approximate surface area is 222 Å².